The normalized spacial score (nSPS) is 17.6. The molecule has 2 aliphatic rings. The second-order valence-electron chi connectivity index (χ2n) is 6.69. The van der Waals surface area contributed by atoms with E-state index in [1.165, 1.54) is 0 Å². The Bertz CT molecular complexity index is 1000. The van der Waals surface area contributed by atoms with Gasteiger partial charge >= 0.3 is 0 Å². The van der Waals surface area contributed by atoms with Crippen molar-refractivity contribution in [2.45, 2.75) is 0 Å². The fourth-order valence-electron chi connectivity index (χ4n) is 3.23. The van der Waals surface area contributed by atoms with E-state index in [2.05, 4.69) is 5.32 Å². The van der Waals surface area contributed by atoms with E-state index >= 15 is 0 Å². The molecule has 8 heteroatoms. The lowest BCUT2D eigenvalue weighted by atomic mass is 10.1. The topological polar surface area (TPSA) is 79.0 Å². The molecule has 1 N–H and O–H groups in total. The molecule has 2 aromatic rings. The number of amides is 3. The second kappa shape index (κ2) is 8.00. The van der Waals surface area contributed by atoms with E-state index in [4.69, 9.17) is 4.74 Å². The summed E-state index contributed by atoms with van der Waals surface area (Å²) in [6.45, 7) is 1.36. The van der Waals surface area contributed by atoms with Crippen LogP contribution in [0.25, 0.3) is 6.08 Å². The van der Waals surface area contributed by atoms with Gasteiger partial charge in [0.05, 0.1) is 29.4 Å². The predicted octanol–water partition coefficient (Wildman–Crippen LogP) is 2.94. The quantitative estimate of drug-likeness (QED) is 0.765. The van der Waals surface area contributed by atoms with Gasteiger partial charge in [-0.3, -0.25) is 19.7 Å². The van der Waals surface area contributed by atoms with Crippen LogP contribution >= 0.6 is 11.8 Å². The molecule has 0 bridgehead atoms. The highest BCUT2D eigenvalue weighted by Crippen LogP contribution is 2.27. The lowest BCUT2D eigenvalue weighted by Crippen LogP contribution is -2.46. The predicted molar refractivity (Wildman–Crippen MR) is 112 cm³/mol. The summed E-state index contributed by atoms with van der Waals surface area (Å²) in [5, 5.41) is 1.87. The number of carbonyl (C=O) groups excluding carboxylic acids is 3. The molecule has 148 valence electrons. The Morgan fingerprint density at radius 1 is 1.10 bits per heavy atom. The zero-order chi connectivity index (χ0) is 20.4. The van der Waals surface area contributed by atoms with Gasteiger partial charge in [-0.25, -0.2) is 0 Å². The van der Waals surface area contributed by atoms with Gasteiger partial charge in [-0.05, 0) is 47.7 Å². The zero-order valence-electron chi connectivity index (χ0n) is 15.8. The summed E-state index contributed by atoms with van der Waals surface area (Å²) < 4.78 is 5.77. The number of hydrogen-bond donors (Lipinski definition) is 1. The van der Waals surface area contributed by atoms with Crippen LogP contribution in [-0.4, -0.2) is 48.8 Å². The molecular formula is C21H19N3O4S. The first-order valence-electron chi connectivity index (χ1n) is 9.08. The third kappa shape index (κ3) is 4.12. The van der Waals surface area contributed by atoms with Crippen LogP contribution in [-0.2, 0) is 4.79 Å². The second-order valence-corrected chi connectivity index (χ2v) is 7.71. The van der Waals surface area contributed by atoms with Crippen LogP contribution in [0.1, 0.15) is 15.9 Å². The third-order valence-corrected chi connectivity index (χ3v) is 5.48. The van der Waals surface area contributed by atoms with E-state index < -0.39 is 0 Å². The molecule has 0 spiro atoms. The lowest BCUT2D eigenvalue weighted by Gasteiger charge is -2.35. The van der Waals surface area contributed by atoms with Crippen LogP contribution in [0.4, 0.5) is 10.5 Å². The van der Waals surface area contributed by atoms with Crippen molar-refractivity contribution in [2.75, 3.05) is 31.8 Å². The first-order chi connectivity index (χ1) is 14.0. The number of thioether (sulfide) groups is 1. The summed E-state index contributed by atoms with van der Waals surface area (Å²) in [5.41, 5.74) is 2.44. The average molecular weight is 409 g/mol. The molecule has 0 radical (unpaired) electrons. The maximum absolute atomic E-state index is 12.6. The number of imide groups is 1. The number of carbonyl (C=O) groups is 3. The Hall–Kier alpha value is -3.26. The molecule has 1 saturated heterocycles. The highest BCUT2D eigenvalue weighted by Gasteiger charge is 2.27. The average Bonchev–Trinajstić information content (AvgIpc) is 3.04. The van der Waals surface area contributed by atoms with Crippen LogP contribution in [0.3, 0.4) is 0 Å². The summed E-state index contributed by atoms with van der Waals surface area (Å²) in [5.74, 6) is 0.300. The van der Waals surface area contributed by atoms with Crippen molar-refractivity contribution in [3.63, 3.8) is 0 Å². The fourth-order valence-corrected chi connectivity index (χ4v) is 3.92. The fraction of sp³-hybridized carbons (Fsp3) is 0.190. The number of nitrogens with zero attached hydrogens (tertiary/aromatic N) is 2. The van der Waals surface area contributed by atoms with Gasteiger partial charge in [-0.15, -0.1) is 0 Å². The van der Waals surface area contributed by atoms with Crippen LogP contribution in [0.5, 0.6) is 5.75 Å². The summed E-state index contributed by atoms with van der Waals surface area (Å²) in [4.78, 5) is 39.6. The van der Waals surface area contributed by atoms with Gasteiger partial charge in [-0.1, -0.05) is 24.3 Å². The van der Waals surface area contributed by atoms with Crippen molar-refractivity contribution < 1.29 is 19.1 Å². The number of para-hydroxylation sites is 1. The number of anilines is 1. The van der Waals surface area contributed by atoms with Crippen molar-refractivity contribution in [3.05, 3.63) is 64.6 Å². The molecule has 4 rings (SSSR count). The molecule has 0 aliphatic carbocycles. The summed E-state index contributed by atoms with van der Waals surface area (Å²) >= 11 is 0.887. The van der Waals surface area contributed by atoms with Crippen molar-refractivity contribution >= 4 is 40.6 Å². The Kier molecular flexibility index (Phi) is 5.26. The van der Waals surface area contributed by atoms with Crippen molar-refractivity contribution in [1.29, 1.82) is 0 Å². The van der Waals surface area contributed by atoms with Gasteiger partial charge in [0.1, 0.15) is 12.4 Å². The van der Waals surface area contributed by atoms with Crippen LogP contribution < -0.4 is 15.0 Å². The van der Waals surface area contributed by atoms with Gasteiger partial charge < -0.3 is 14.5 Å². The number of benzene rings is 2. The van der Waals surface area contributed by atoms with E-state index in [1.54, 1.807) is 23.1 Å². The highest BCUT2D eigenvalue weighted by atomic mass is 32.2. The molecule has 7 nitrogen and oxygen atoms in total. The molecule has 1 fully saturated rings. The van der Waals surface area contributed by atoms with Gasteiger partial charge in [0.15, 0.2) is 0 Å². The van der Waals surface area contributed by atoms with E-state index in [9.17, 15) is 14.4 Å². The molecule has 0 saturated carbocycles. The molecule has 0 aromatic heterocycles. The molecule has 2 heterocycles. The monoisotopic (exact) mass is 409 g/mol. The summed E-state index contributed by atoms with van der Waals surface area (Å²) in [7, 11) is 1.96. The van der Waals surface area contributed by atoms with Crippen molar-refractivity contribution in [3.8, 4) is 5.75 Å². The lowest BCUT2D eigenvalue weighted by molar-refractivity contribution is -0.115. The molecule has 2 aliphatic heterocycles. The molecule has 0 atom stereocenters. The van der Waals surface area contributed by atoms with Crippen LogP contribution in [0, 0.1) is 0 Å². The van der Waals surface area contributed by atoms with Crippen molar-refractivity contribution in [1.82, 2.24) is 10.2 Å². The number of ether oxygens (including phenoxy) is 1. The first-order valence-corrected chi connectivity index (χ1v) is 9.90. The van der Waals surface area contributed by atoms with Gasteiger partial charge in [-0.2, -0.15) is 0 Å². The maximum Gasteiger partial charge on any atom is 0.290 e. The molecule has 2 aromatic carbocycles. The molecular weight excluding hydrogens is 390 g/mol. The maximum atomic E-state index is 12.6. The highest BCUT2D eigenvalue weighted by molar-refractivity contribution is 8.18. The van der Waals surface area contributed by atoms with E-state index in [0.717, 1.165) is 23.0 Å². The van der Waals surface area contributed by atoms with Crippen molar-refractivity contribution in [2.24, 2.45) is 0 Å². The van der Waals surface area contributed by atoms with Gasteiger partial charge in [0, 0.05) is 7.05 Å². The first kappa shape index (κ1) is 19.1. The Balaban J connectivity index is 1.33. The zero-order valence-corrected chi connectivity index (χ0v) is 16.6. The number of nitrogens with one attached hydrogen (secondary N) is 1. The van der Waals surface area contributed by atoms with E-state index in [1.807, 2.05) is 48.3 Å². The Morgan fingerprint density at radius 2 is 1.86 bits per heavy atom. The minimum Gasteiger partial charge on any atom is -0.492 e. The van der Waals surface area contributed by atoms with E-state index in [-0.39, 0.29) is 17.1 Å². The summed E-state index contributed by atoms with van der Waals surface area (Å²) in [6.07, 6.45) is 1.66. The SMILES string of the molecule is CN1CN(CCOc2ccc(C=C3SC(=O)NC3=O)cc2)C(=O)c2ccccc21. The Labute approximate surface area is 172 Å². The largest absolute Gasteiger partial charge is 0.492 e. The minimum absolute atomic E-state index is 0.00570. The van der Waals surface area contributed by atoms with Gasteiger partial charge in [0.25, 0.3) is 17.1 Å². The van der Waals surface area contributed by atoms with Crippen LogP contribution in [0.2, 0.25) is 0 Å². The number of hydrogen-bond acceptors (Lipinski definition) is 6. The molecule has 3 amide bonds. The van der Waals surface area contributed by atoms with Gasteiger partial charge in [0.2, 0.25) is 0 Å². The van der Waals surface area contributed by atoms with E-state index in [0.29, 0.717) is 36.0 Å². The minimum atomic E-state index is -0.377. The smallest absolute Gasteiger partial charge is 0.290 e. The van der Waals surface area contributed by atoms with Crippen LogP contribution in [0.15, 0.2) is 53.4 Å². The third-order valence-electron chi connectivity index (χ3n) is 4.67. The standard InChI is InChI=1S/C21H19N3O4S/c1-23-13-24(20(26)16-4-2-3-5-17(16)23)10-11-28-15-8-6-14(7-9-15)12-18-19(25)22-21(27)29-18/h2-9,12H,10-11,13H2,1H3,(H,22,25,27). The Morgan fingerprint density at radius 3 is 2.59 bits per heavy atom. The number of rotatable bonds is 5. The molecule has 0 unspecified atom stereocenters. The summed E-state index contributed by atoms with van der Waals surface area (Å²) in [6, 6.07) is 14.8. The molecule has 29 heavy (non-hydrogen) atoms. The number of fused-ring (bicyclic) bond motifs is 1.